The van der Waals surface area contributed by atoms with Gasteiger partial charge in [-0.2, -0.15) is 0 Å². The zero-order chi connectivity index (χ0) is 35.0. The number of aliphatic hydroxyl groups is 1. The Morgan fingerprint density at radius 1 is 1.17 bits per heavy atom. The molecular formula is C38H55N3O7. The van der Waals surface area contributed by atoms with Crippen molar-refractivity contribution in [2.45, 2.75) is 115 Å². The van der Waals surface area contributed by atoms with Gasteiger partial charge in [-0.25, -0.2) is 0 Å². The van der Waals surface area contributed by atoms with E-state index in [1.54, 1.807) is 28.9 Å². The smallest absolute Gasteiger partial charge is 0.313 e. The van der Waals surface area contributed by atoms with Gasteiger partial charge < -0.3 is 29.7 Å². The molecule has 0 radical (unpaired) electrons. The van der Waals surface area contributed by atoms with Crippen LogP contribution in [0.4, 0.5) is 0 Å². The average molecular weight is 666 g/mol. The van der Waals surface area contributed by atoms with Crippen LogP contribution in [0.3, 0.4) is 0 Å². The maximum Gasteiger partial charge on any atom is 0.313 e. The Kier molecular flexibility index (Phi) is 13.0. The van der Waals surface area contributed by atoms with Crippen molar-refractivity contribution in [2.75, 3.05) is 19.7 Å². The second-order valence-corrected chi connectivity index (χ2v) is 13.7. The first kappa shape index (κ1) is 37.3. The van der Waals surface area contributed by atoms with Crippen LogP contribution >= 0.6 is 0 Å². The van der Waals surface area contributed by atoms with E-state index < -0.39 is 53.7 Å². The van der Waals surface area contributed by atoms with Crippen molar-refractivity contribution in [1.29, 1.82) is 0 Å². The van der Waals surface area contributed by atoms with Crippen molar-refractivity contribution in [3.8, 4) is 0 Å². The minimum atomic E-state index is -1.22. The minimum absolute atomic E-state index is 0.104. The number of fused-ring (bicyclic) bond motifs is 1. The molecule has 2 bridgehead atoms. The van der Waals surface area contributed by atoms with Crippen LogP contribution < -0.4 is 5.32 Å². The van der Waals surface area contributed by atoms with Crippen LogP contribution in [0.2, 0.25) is 0 Å². The molecule has 1 spiro atoms. The van der Waals surface area contributed by atoms with E-state index in [2.05, 4.69) is 25.4 Å². The van der Waals surface area contributed by atoms with E-state index in [4.69, 9.17) is 9.47 Å². The number of hydrogen-bond donors (Lipinski definition) is 2. The molecule has 3 fully saturated rings. The number of carbonyl (C=O) groups is 4. The molecule has 1 aromatic carbocycles. The van der Waals surface area contributed by atoms with E-state index in [-0.39, 0.29) is 36.7 Å². The molecule has 0 saturated carbocycles. The van der Waals surface area contributed by atoms with Gasteiger partial charge in [0, 0.05) is 19.5 Å². The van der Waals surface area contributed by atoms with Crippen LogP contribution in [0.25, 0.3) is 0 Å². The van der Waals surface area contributed by atoms with Gasteiger partial charge in [-0.05, 0) is 44.1 Å². The van der Waals surface area contributed by atoms with Gasteiger partial charge in [-0.15, -0.1) is 13.2 Å². The van der Waals surface area contributed by atoms with Gasteiger partial charge in [0.25, 0.3) is 0 Å². The molecule has 3 aliphatic heterocycles. The lowest BCUT2D eigenvalue weighted by atomic mass is 9.70. The number of allylic oxidation sites excluding steroid dienone is 1. The lowest BCUT2D eigenvalue weighted by Crippen LogP contribution is -2.59. The summed E-state index contributed by atoms with van der Waals surface area (Å²) in [6, 6.07) is 7.04. The lowest BCUT2D eigenvalue weighted by Gasteiger charge is -2.41. The third kappa shape index (κ3) is 7.39. The Labute approximate surface area is 285 Å². The molecule has 2 N–H and O–H groups in total. The average Bonchev–Trinajstić information content (AvgIpc) is 3.73. The molecule has 3 aliphatic rings. The molecule has 3 amide bonds. The molecule has 4 rings (SSSR count). The summed E-state index contributed by atoms with van der Waals surface area (Å²) in [7, 11) is 0. The summed E-state index contributed by atoms with van der Waals surface area (Å²) in [6.07, 6.45) is 7.10. The molecule has 48 heavy (non-hydrogen) atoms. The molecule has 3 saturated heterocycles. The fourth-order valence-corrected chi connectivity index (χ4v) is 7.92. The third-order valence-electron chi connectivity index (χ3n) is 10.6. The van der Waals surface area contributed by atoms with Crippen molar-refractivity contribution in [3.05, 3.63) is 61.2 Å². The number of likely N-dealkylation sites (tertiary alicyclic amines) is 1. The second kappa shape index (κ2) is 16.7. The standard InChI is InChI=1S/C38H55N3O7/c1-7-11-16-23-40(22-9-3)36(45)34-38-21-20-29(48-38)31(32(38)35(44)41(34)28(24-42)25(5)10-4)37(46)47-33(27-17-14-13-15-18-27)26(6)39-30(43)19-12-8-2/h8-9,13-15,17-18,25-26,28-29,31-34,42H,2-3,7,10-12,16,19-24H2,1,4-6H3,(H,39,43)/t25-,26-,28-,29+,31-,32-,33-,34+,38-/m0/s1. The van der Waals surface area contributed by atoms with E-state index in [9.17, 15) is 24.3 Å². The van der Waals surface area contributed by atoms with Gasteiger partial charge >= 0.3 is 5.97 Å². The first-order valence-electron chi connectivity index (χ1n) is 17.8. The molecule has 9 atom stereocenters. The maximum absolute atomic E-state index is 14.7. The summed E-state index contributed by atoms with van der Waals surface area (Å²) in [5, 5.41) is 13.6. The van der Waals surface area contributed by atoms with E-state index in [1.165, 1.54) is 0 Å². The summed E-state index contributed by atoms with van der Waals surface area (Å²) >= 11 is 0. The quantitative estimate of drug-likeness (QED) is 0.124. The van der Waals surface area contributed by atoms with Crippen molar-refractivity contribution in [2.24, 2.45) is 17.8 Å². The first-order valence-corrected chi connectivity index (χ1v) is 17.8. The molecule has 0 unspecified atom stereocenters. The number of unbranched alkanes of at least 4 members (excludes halogenated alkanes) is 2. The number of benzene rings is 1. The van der Waals surface area contributed by atoms with Gasteiger partial charge in [-0.3, -0.25) is 19.2 Å². The highest BCUT2D eigenvalue weighted by Gasteiger charge is 2.76. The summed E-state index contributed by atoms with van der Waals surface area (Å²) in [5.41, 5.74) is -0.516. The van der Waals surface area contributed by atoms with Crippen molar-refractivity contribution in [3.63, 3.8) is 0 Å². The van der Waals surface area contributed by atoms with E-state index >= 15 is 0 Å². The minimum Gasteiger partial charge on any atom is -0.455 e. The van der Waals surface area contributed by atoms with Crippen LogP contribution in [0.1, 0.15) is 90.7 Å². The topological polar surface area (TPSA) is 125 Å². The first-order chi connectivity index (χ1) is 23.1. The van der Waals surface area contributed by atoms with E-state index in [0.29, 0.717) is 44.3 Å². The van der Waals surface area contributed by atoms with Crippen LogP contribution in [0.15, 0.2) is 55.6 Å². The van der Waals surface area contributed by atoms with Gasteiger partial charge in [0.1, 0.15) is 17.7 Å². The Morgan fingerprint density at radius 3 is 2.52 bits per heavy atom. The fraction of sp³-hybridized carbons (Fsp3) is 0.632. The Balaban J connectivity index is 1.70. The van der Waals surface area contributed by atoms with Crippen LogP contribution in [0, 0.1) is 17.8 Å². The molecule has 1 aromatic rings. The molecule has 0 aliphatic carbocycles. The second-order valence-electron chi connectivity index (χ2n) is 13.7. The highest BCUT2D eigenvalue weighted by Crippen LogP contribution is 2.59. The number of carbonyl (C=O) groups excluding carboxylic acids is 4. The number of rotatable bonds is 19. The molecule has 10 heteroatoms. The normalized spacial score (nSPS) is 26.7. The van der Waals surface area contributed by atoms with Gasteiger partial charge in [-0.1, -0.05) is 82.5 Å². The predicted molar refractivity (Wildman–Crippen MR) is 183 cm³/mol. The maximum atomic E-state index is 14.7. The number of aliphatic hydroxyl groups excluding tert-OH is 1. The van der Waals surface area contributed by atoms with Gasteiger partial charge in [0.2, 0.25) is 17.7 Å². The van der Waals surface area contributed by atoms with Crippen LogP contribution in [0.5, 0.6) is 0 Å². The summed E-state index contributed by atoms with van der Waals surface area (Å²) in [4.78, 5) is 59.5. The van der Waals surface area contributed by atoms with Gasteiger partial charge in [0.15, 0.2) is 0 Å². The fourth-order valence-electron chi connectivity index (χ4n) is 7.92. The monoisotopic (exact) mass is 665 g/mol. The Hall–Kier alpha value is -3.50. The molecule has 10 nitrogen and oxygen atoms in total. The SMILES string of the molecule is C=CCCC(=O)N[C@@H](C)[C@H](OC(=O)[C@@H]1[C@H]2C(=O)N([C@@H](CO)[C@@H](C)CC)[C@H](C(=O)N(CC=C)CCCCC)[C@]23CC[C@H]1O3)c1ccccc1. The summed E-state index contributed by atoms with van der Waals surface area (Å²) < 4.78 is 12.9. The van der Waals surface area contributed by atoms with Gasteiger partial charge in [0.05, 0.1) is 36.6 Å². The number of nitrogens with one attached hydrogen (secondary N) is 1. The molecule has 3 heterocycles. The number of hydrogen-bond acceptors (Lipinski definition) is 7. The van der Waals surface area contributed by atoms with Crippen molar-refractivity contribution in [1.82, 2.24) is 15.1 Å². The van der Waals surface area contributed by atoms with Crippen LogP contribution in [-0.2, 0) is 28.7 Å². The highest BCUT2D eigenvalue weighted by molar-refractivity contribution is 5.98. The van der Waals surface area contributed by atoms with E-state index in [1.807, 2.05) is 44.2 Å². The van der Waals surface area contributed by atoms with Crippen molar-refractivity contribution >= 4 is 23.7 Å². The summed E-state index contributed by atoms with van der Waals surface area (Å²) in [5.74, 6) is -3.36. The molecular weight excluding hydrogens is 610 g/mol. The number of amides is 3. The Morgan fingerprint density at radius 2 is 1.90 bits per heavy atom. The van der Waals surface area contributed by atoms with E-state index in [0.717, 1.165) is 19.3 Å². The number of nitrogens with zero attached hydrogens (tertiary/aromatic N) is 2. The number of ether oxygens (including phenoxy) is 2. The highest BCUT2D eigenvalue weighted by atomic mass is 16.6. The summed E-state index contributed by atoms with van der Waals surface area (Å²) in [6.45, 7) is 15.9. The molecule has 0 aromatic heterocycles. The molecule has 264 valence electrons. The third-order valence-corrected chi connectivity index (χ3v) is 10.6. The number of esters is 1. The van der Waals surface area contributed by atoms with Crippen LogP contribution in [-0.4, -0.2) is 88.1 Å². The zero-order valence-electron chi connectivity index (χ0n) is 29.1. The van der Waals surface area contributed by atoms with Crippen molar-refractivity contribution < 1.29 is 33.8 Å². The Bertz CT molecular complexity index is 1300. The zero-order valence-corrected chi connectivity index (χ0v) is 29.1. The largest absolute Gasteiger partial charge is 0.455 e. The lowest BCUT2D eigenvalue weighted by molar-refractivity contribution is -0.163. The predicted octanol–water partition coefficient (Wildman–Crippen LogP) is 4.73.